The molecule has 0 aliphatic rings. The molecule has 4 heteroatoms. The first-order valence-corrected chi connectivity index (χ1v) is 8.37. The second-order valence-electron chi connectivity index (χ2n) is 5.67. The van der Waals surface area contributed by atoms with Crippen LogP contribution in [0.25, 0.3) is 0 Å². The number of unbranched alkanes of at least 4 members (excludes halogenated alkanes) is 1. The van der Waals surface area contributed by atoms with E-state index in [4.69, 9.17) is 4.74 Å². The molecule has 0 aromatic carbocycles. The number of nitrogens with zero attached hydrogens (tertiary/aromatic N) is 2. The van der Waals surface area contributed by atoms with Gasteiger partial charge in [0.25, 0.3) is 0 Å². The molecule has 1 aromatic heterocycles. The van der Waals surface area contributed by atoms with Gasteiger partial charge in [-0.1, -0.05) is 40.0 Å². The highest BCUT2D eigenvalue weighted by Gasteiger charge is 2.09. The maximum atomic E-state index is 5.77. The maximum absolute atomic E-state index is 5.77. The minimum Gasteiger partial charge on any atom is -0.463 e. The largest absolute Gasteiger partial charge is 0.463 e. The Labute approximate surface area is 129 Å². The van der Waals surface area contributed by atoms with Crippen molar-refractivity contribution in [2.75, 3.05) is 13.2 Å². The Kier molecular flexibility index (Phi) is 8.99. The molecule has 0 fully saturated rings. The summed E-state index contributed by atoms with van der Waals surface area (Å²) in [5.41, 5.74) is 2.15. The van der Waals surface area contributed by atoms with Crippen LogP contribution in [0, 0.1) is 12.8 Å². The Morgan fingerprint density at radius 2 is 2.05 bits per heavy atom. The van der Waals surface area contributed by atoms with Gasteiger partial charge in [0.05, 0.1) is 6.61 Å². The van der Waals surface area contributed by atoms with E-state index in [0.717, 1.165) is 43.8 Å². The van der Waals surface area contributed by atoms with Gasteiger partial charge >= 0.3 is 6.01 Å². The summed E-state index contributed by atoms with van der Waals surface area (Å²) in [5, 5.41) is 3.37. The van der Waals surface area contributed by atoms with Crippen LogP contribution in [0.15, 0.2) is 6.20 Å². The van der Waals surface area contributed by atoms with Crippen molar-refractivity contribution < 1.29 is 4.74 Å². The van der Waals surface area contributed by atoms with Crippen LogP contribution in [-0.4, -0.2) is 23.1 Å². The summed E-state index contributed by atoms with van der Waals surface area (Å²) in [6.07, 6.45) is 7.91. The van der Waals surface area contributed by atoms with Crippen LogP contribution in [0.1, 0.15) is 64.1 Å². The van der Waals surface area contributed by atoms with Gasteiger partial charge in [0.15, 0.2) is 0 Å². The van der Waals surface area contributed by atoms with E-state index in [1.54, 1.807) is 0 Å². The van der Waals surface area contributed by atoms with Gasteiger partial charge in [-0.25, -0.2) is 9.97 Å². The molecule has 0 amide bonds. The quantitative estimate of drug-likeness (QED) is 0.629. The van der Waals surface area contributed by atoms with Gasteiger partial charge in [0, 0.05) is 24.0 Å². The molecule has 1 N–H and O–H groups in total. The van der Waals surface area contributed by atoms with Crippen molar-refractivity contribution >= 4 is 0 Å². The van der Waals surface area contributed by atoms with Gasteiger partial charge in [0.2, 0.25) is 0 Å². The summed E-state index contributed by atoms with van der Waals surface area (Å²) >= 11 is 0. The Morgan fingerprint density at radius 3 is 2.67 bits per heavy atom. The molecule has 0 saturated carbocycles. The standard InChI is InChI=1S/C17H31N3O/c1-5-8-9-15(7-3)13-21-17-19-12-16(14(4)20-17)11-18-10-6-2/h12,15,18H,5-11,13H2,1-4H3. The van der Waals surface area contributed by atoms with Crippen molar-refractivity contribution in [3.63, 3.8) is 0 Å². The fourth-order valence-corrected chi connectivity index (χ4v) is 2.20. The lowest BCUT2D eigenvalue weighted by atomic mass is 10.0. The van der Waals surface area contributed by atoms with E-state index in [2.05, 4.69) is 36.1 Å². The predicted octanol–water partition coefficient (Wildman–Crippen LogP) is 3.88. The Balaban J connectivity index is 2.46. The molecule has 0 radical (unpaired) electrons. The molecule has 0 bridgehead atoms. The summed E-state index contributed by atoms with van der Waals surface area (Å²) in [7, 11) is 0. The van der Waals surface area contributed by atoms with E-state index < -0.39 is 0 Å². The second-order valence-corrected chi connectivity index (χ2v) is 5.67. The fraction of sp³-hybridized carbons (Fsp3) is 0.765. The van der Waals surface area contributed by atoms with Gasteiger partial charge in [-0.05, 0) is 32.2 Å². The first-order valence-electron chi connectivity index (χ1n) is 8.37. The molecule has 21 heavy (non-hydrogen) atoms. The normalized spacial score (nSPS) is 12.4. The van der Waals surface area contributed by atoms with Gasteiger partial charge in [0.1, 0.15) is 0 Å². The minimum atomic E-state index is 0.515. The predicted molar refractivity (Wildman–Crippen MR) is 87.6 cm³/mol. The van der Waals surface area contributed by atoms with Crippen molar-refractivity contribution in [2.24, 2.45) is 5.92 Å². The summed E-state index contributed by atoms with van der Waals surface area (Å²) in [6, 6.07) is 0.515. The van der Waals surface area contributed by atoms with E-state index >= 15 is 0 Å². The summed E-state index contributed by atoms with van der Waals surface area (Å²) < 4.78 is 5.77. The van der Waals surface area contributed by atoms with Crippen LogP contribution in [0.3, 0.4) is 0 Å². The molecule has 0 aliphatic carbocycles. The number of ether oxygens (including phenoxy) is 1. The average molecular weight is 293 g/mol. The molecule has 1 unspecified atom stereocenters. The maximum Gasteiger partial charge on any atom is 0.316 e. The third kappa shape index (κ3) is 6.89. The number of hydrogen-bond donors (Lipinski definition) is 1. The summed E-state index contributed by atoms with van der Waals surface area (Å²) in [5.74, 6) is 0.611. The highest BCUT2D eigenvalue weighted by Crippen LogP contribution is 2.15. The summed E-state index contributed by atoms with van der Waals surface area (Å²) in [4.78, 5) is 8.80. The Bertz CT molecular complexity index is 396. The zero-order valence-electron chi connectivity index (χ0n) is 14.1. The van der Waals surface area contributed by atoms with Crippen LogP contribution < -0.4 is 10.1 Å². The van der Waals surface area contributed by atoms with Crippen molar-refractivity contribution in [3.05, 3.63) is 17.5 Å². The molecule has 0 spiro atoms. The molecular formula is C17H31N3O. The SMILES string of the molecule is CCCCC(CC)COc1ncc(CNCCC)c(C)n1. The van der Waals surface area contributed by atoms with Crippen LogP contribution in [0.2, 0.25) is 0 Å². The molecule has 1 atom stereocenters. The molecule has 1 heterocycles. The van der Waals surface area contributed by atoms with Crippen LogP contribution in [0.5, 0.6) is 6.01 Å². The molecule has 1 rings (SSSR count). The smallest absolute Gasteiger partial charge is 0.316 e. The lowest BCUT2D eigenvalue weighted by Crippen LogP contribution is -2.16. The first-order chi connectivity index (χ1) is 10.2. The van der Waals surface area contributed by atoms with Crippen molar-refractivity contribution in [2.45, 2.75) is 66.3 Å². The van der Waals surface area contributed by atoms with E-state index in [-0.39, 0.29) is 0 Å². The number of aryl methyl sites for hydroxylation is 1. The number of rotatable bonds is 11. The fourth-order valence-electron chi connectivity index (χ4n) is 2.20. The minimum absolute atomic E-state index is 0.515. The van der Waals surface area contributed by atoms with Crippen LogP contribution in [0.4, 0.5) is 0 Å². The molecule has 1 aromatic rings. The molecule has 120 valence electrons. The van der Waals surface area contributed by atoms with Gasteiger partial charge in [-0.2, -0.15) is 0 Å². The second kappa shape index (κ2) is 10.6. The third-order valence-corrected chi connectivity index (χ3v) is 3.79. The van der Waals surface area contributed by atoms with E-state index in [9.17, 15) is 0 Å². The molecular weight excluding hydrogens is 262 g/mol. The Morgan fingerprint density at radius 1 is 1.24 bits per heavy atom. The lowest BCUT2D eigenvalue weighted by molar-refractivity contribution is 0.217. The van der Waals surface area contributed by atoms with E-state index in [1.807, 2.05) is 13.1 Å². The van der Waals surface area contributed by atoms with Crippen LogP contribution in [-0.2, 0) is 6.54 Å². The summed E-state index contributed by atoms with van der Waals surface area (Å²) in [6.45, 7) is 11.2. The molecule has 0 saturated heterocycles. The lowest BCUT2D eigenvalue weighted by Gasteiger charge is -2.15. The topological polar surface area (TPSA) is 47.0 Å². The van der Waals surface area contributed by atoms with E-state index in [1.165, 1.54) is 19.3 Å². The van der Waals surface area contributed by atoms with E-state index in [0.29, 0.717) is 11.9 Å². The van der Waals surface area contributed by atoms with Crippen LogP contribution >= 0.6 is 0 Å². The highest BCUT2D eigenvalue weighted by molar-refractivity contribution is 5.17. The number of nitrogens with one attached hydrogen (secondary N) is 1. The molecule has 0 aliphatic heterocycles. The number of aromatic nitrogens is 2. The zero-order valence-corrected chi connectivity index (χ0v) is 14.1. The Hall–Kier alpha value is -1.16. The van der Waals surface area contributed by atoms with Gasteiger partial charge in [-0.3, -0.25) is 0 Å². The zero-order chi connectivity index (χ0) is 15.5. The van der Waals surface area contributed by atoms with Gasteiger partial charge < -0.3 is 10.1 Å². The van der Waals surface area contributed by atoms with Crippen molar-refractivity contribution in [1.82, 2.24) is 15.3 Å². The molecule has 4 nitrogen and oxygen atoms in total. The monoisotopic (exact) mass is 293 g/mol. The van der Waals surface area contributed by atoms with Gasteiger partial charge in [-0.15, -0.1) is 0 Å². The third-order valence-electron chi connectivity index (χ3n) is 3.79. The highest BCUT2D eigenvalue weighted by atomic mass is 16.5. The van der Waals surface area contributed by atoms with Crippen molar-refractivity contribution in [1.29, 1.82) is 0 Å². The average Bonchev–Trinajstić information content (AvgIpc) is 2.49. The first kappa shape index (κ1) is 17.9. The van der Waals surface area contributed by atoms with Crippen molar-refractivity contribution in [3.8, 4) is 6.01 Å². The number of hydrogen-bond acceptors (Lipinski definition) is 4.